The van der Waals surface area contributed by atoms with Crippen LogP contribution in [0.1, 0.15) is 19.3 Å². The molecular weight excluding hydrogens is 404 g/mol. The van der Waals surface area contributed by atoms with Gasteiger partial charge in [-0.25, -0.2) is 23.5 Å². The number of hydrogen-bond donors (Lipinski definition) is 3. The van der Waals surface area contributed by atoms with Crippen molar-refractivity contribution in [2.75, 3.05) is 29.9 Å². The van der Waals surface area contributed by atoms with Gasteiger partial charge in [0.2, 0.25) is 10.0 Å². The summed E-state index contributed by atoms with van der Waals surface area (Å²) in [4.78, 5) is 26.6. The van der Waals surface area contributed by atoms with E-state index in [1.165, 1.54) is 12.1 Å². The van der Waals surface area contributed by atoms with Gasteiger partial charge in [-0.15, -0.1) is 0 Å². The molecule has 0 aliphatic carbocycles. The monoisotopic (exact) mass is 428 g/mol. The first-order valence-electron chi connectivity index (χ1n) is 9.81. The lowest BCUT2D eigenvalue weighted by molar-refractivity contribution is -0.118. The molecular formula is C20H24N6O3S. The number of nitrogens with two attached hydrogens (primary N) is 1. The minimum absolute atomic E-state index is 0.0174. The number of carbonyl (C=O) groups is 1. The summed E-state index contributed by atoms with van der Waals surface area (Å²) in [5.41, 5.74) is 1.36. The van der Waals surface area contributed by atoms with Gasteiger partial charge in [0.25, 0.3) is 0 Å². The summed E-state index contributed by atoms with van der Waals surface area (Å²) >= 11 is 0. The van der Waals surface area contributed by atoms with Crippen LogP contribution in [0.3, 0.4) is 0 Å². The highest BCUT2D eigenvalue weighted by Gasteiger charge is 2.24. The Morgan fingerprint density at radius 3 is 3.00 bits per heavy atom. The van der Waals surface area contributed by atoms with Gasteiger partial charge in [-0.3, -0.25) is 4.79 Å². The zero-order valence-corrected chi connectivity index (χ0v) is 17.2. The number of hydrogen-bond acceptors (Lipinski definition) is 7. The number of rotatable bonds is 7. The molecule has 1 fully saturated rings. The van der Waals surface area contributed by atoms with Gasteiger partial charge in [0.15, 0.2) is 5.78 Å². The zero-order chi connectivity index (χ0) is 21.1. The van der Waals surface area contributed by atoms with Gasteiger partial charge in [0.1, 0.15) is 17.8 Å². The van der Waals surface area contributed by atoms with E-state index < -0.39 is 10.0 Å². The molecule has 10 heteroatoms. The number of Topliss-reactive ketones (excluding diaryl/α,β-unsaturated/α-hetero) is 1. The van der Waals surface area contributed by atoms with Crippen LogP contribution in [0.15, 0.2) is 47.8 Å². The molecule has 3 heterocycles. The van der Waals surface area contributed by atoms with Crippen molar-refractivity contribution >= 4 is 38.3 Å². The number of primary sulfonamides is 1. The van der Waals surface area contributed by atoms with Crippen molar-refractivity contribution in [3.8, 4) is 0 Å². The predicted molar refractivity (Wildman–Crippen MR) is 115 cm³/mol. The van der Waals surface area contributed by atoms with Crippen LogP contribution in [0.25, 0.3) is 11.0 Å². The van der Waals surface area contributed by atoms with E-state index >= 15 is 0 Å². The molecule has 3 aromatic rings. The van der Waals surface area contributed by atoms with Crippen molar-refractivity contribution in [3.05, 3.63) is 42.9 Å². The Morgan fingerprint density at radius 2 is 2.17 bits per heavy atom. The van der Waals surface area contributed by atoms with Crippen LogP contribution in [0.2, 0.25) is 0 Å². The largest absolute Gasteiger partial charge is 0.378 e. The third-order valence-electron chi connectivity index (χ3n) is 5.32. The highest BCUT2D eigenvalue weighted by molar-refractivity contribution is 7.89. The number of anilines is 2. The van der Waals surface area contributed by atoms with Gasteiger partial charge in [-0.1, -0.05) is 6.07 Å². The first kappa shape index (κ1) is 20.3. The fraction of sp³-hybridized carbons (Fsp3) is 0.350. The number of benzene rings is 1. The molecule has 0 spiro atoms. The Bertz CT molecular complexity index is 1160. The highest BCUT2D eigenvalue weighted by atomic mass is 32.2. The van der Waals surface area contributed by atoms with E-state index in [0.717, 1.165) is 42.8 Å². The topological polar surface area (TPSA) is 134 Å². The second-order valence-corrected chi connectivity index (χ2v) is 9.12. The summed E-state index contributed by atoms with van der Waals surface area (Å²) in [5, 5.41) is 9.15. The van der Waals surface area contributed by atoms with E-state index in [9.17, 15) is 13.2 Å². The third-order valence-corrected chi connectivity index (χ3v) is 6.23. The van der Waals surface area contributed by atoms with E-state index in [1.54, 1.807) is 18.5 Å². The predicted octanol–water partition coefficient (Wildman–Crippen LogP) is 1.89. The number of nitrogens with one attached hydrogen (secondary N) is 2. The average Bonchev–Trinajstić information content (AvgIpc) is 3.21. The van der Waals surface area contributed by atoms with E-state index in [0.29, 0.717) is 12.1 Å². The number of carbonyl (C=O) groups excluding carboxylic acids is 1. The van der Waals surface area contributed by atoms with Crippen LogP contribution in [-0.4, -0.2) is 48.8 Å². The van der Waals surface area contributed by atoms with Gasteiger partial charge in [0, 0.05) is 31.4 Å². The van der Waals surface area contributed by atoms with Crippen molar-refractivity contribution < 1.29 is 13.2 Å². The smallest absolute Gasteiger partial charge is 0.238 e. The fourth-order valence-electron chi connectivity index (χ4n) is 3.91. The lowest BCUT2D eigenvalue weighted by Crippen LogP contribution is -2.37. The van der Waals surface area contributed by atoms with Crippen molar-refractivity contribution in [1.29, 1.82) is 0 Å². The van der Waals surface area contributed by atoms with Crippen LogP contribution in [0, 0.1) is 5.92 Å². The van der Waals surface area contributed by atoms with Crippen LogP contribution in [0.4, 0.5) is 11.5 Å². The second-order valence-electron chi connectivity index (χ2n) is 7.56. The molecule has 9 nitrogen and oxygen atoms in total. The lowest BCUT2D eigenvalue weighted by atomic mass is 9.92. The quantitative estimate of drug-likeness (QED) is 0.523. The zero-order valence-electron chi connectivity index (χ0n) is 16.4. The Labute approximate surface area is 174 Å². The number of ketones is 1. The molecule has 1 atom stereocenters. The van der Waals surface area contributed by atoms with E-state index in [1.807, 2.05) is 12.3 Å². The number of H-pyrrole nitrogens is 1. The highest BCUT2D eigenvalue weighted by Crippen LogP contribution is 2.28. The molecule has 1 aromatic carbocycles. The van der Waals surface area contributed by atoms with Crippen LogP contribution >= 0.6 is 0 Å². The molecule has 1 unspecified atom stereocenters. The molecule has 0 radical (unpaired) electrons. The van der Waals surface area contributed by atoms with Crippen molar-refractivity contribution in [2.24, 2.45) is 11.1 Å². The van der Waals surface area contributed by atoms with Crippen molar-refractivity contribution in [1.82, 2.24) is 15.0 Å². The number of aromatic nitrogens is 3. The molecule has 158 valence electrons. The van der Waals surface area contributed by atoms with Gasteiger partial charge >= 0.3 is 0 Å². The van der Waals surface area contributed by atoms with Crippen LogP contribution in [-0.2, 0) is 14.8 Å². The van der Waals surface area contributed by atoms with E-state index in [-0.39, 0.29) is 23.1 Å². The molecule has 0 bridgehead atoms. The fourth-order valence-corrected chi connectivity index (χ4v) is 4.47. The number of aromatic amines is 1. The minimum Gasteiger partial charge on any atom is -0.378 e. The third kappa shape index (κ3) is 4.60. The normalized spacial score (nSPS) is 17.2. The summed E-state index contributed by atoms with van der Waals surface area (Å²) in [6.07, 6.45) is 5.86. The number of piperidine rings is 1. The number of fused-ring (bicyclic) bond motifs is 1. The summed E-state index contributed by atoms with van der Waals surface area (Å²) < 4.78 is 22.9. The van der Waals surface area contributed by atoms with Gasteiger partial charge in [-0.05, 0) is 43.0 Å². The van der Waals surface area contributed by atoms with Gasteiger partial charge in [-0.2, -0.15) is 0 Å². The standard InChI is InChI=1S/C20H24N6O3S/c21-30(28,29)17-5-1-4-15(10-17)23-11-16(27)9-14-3-2-8-26(12-14)20-18-6-7-22-19(18)24-13-25-20/h1,4-7,10,13-14,23H,2-3,8-9,11-12H2,(H2,21,28,29)(H,22,24,25). The van der Waals surface area contributed by atoms with Crippen LogP contribution < -0.4 is 15.4 Å². The summed E-state index contributed by atoms with van der Waals surface area (Å²) in [5.74, 6) is 1.22. The number of sulfonamides is 1. The molecule has 1 saturated heterocycles. The summed E-state index contributed by atoms with van der Waals surface area (Å²) in [7, 11) is -3.77. The van der Waals surface area contributed by atoms with Gasteiger partial charge in [0.05, 0.1) is 16.8 Å². The maximum absolute atomic E-state index is 12.5. The molecule has 30 heavy (non-hydrogen) atoms. The Morgan fingerprint density at radius 1 is 1.30 bits per heavy atom. The molecule has 4 rings (SSSR count). The molecule has 1 aliphatic heterocycles. The Hall–Kier alpha value is -2.98. The lowest BCUT2D eigenvalue weighted by Gasteiger charge is -2.33. The SMILES string of the molecule is NS(=O)(=O)c1cccc(NCC(=O)CC2CCCN(c3ncnc4[nH]ccc34)C2)c1. The molecule has 0 amide bonds. The van der Waals surface area contributed by atoms with Crippen molar-refractivity contribution in [2.45, 2.75) is 24.2 Å². The van der Waals surface area contributed by atoms with Crippen molar-refractivity contribution in [3.63, 3.8) is 0 Å². The van der Waals surface area contributed by atoms with E-state index in [2.05, 4.69) is 25.2 Å². The molecule has 1 aliphatic rings. The number of nitrogens with zero attached hydrogens (tertiary/aromatic N) is 3. The first-order valence-corrected chi connectivity index (χ1v) is 11.4. The first-order chi connectivity index (χ1) is 14.4. The summed E-state index contributed by atoms with van der Waals surface area (Å²) in [6.45, 7) is 1.81. The maximum atomic E-state index is 12.5. The maximum Gasteiger partial charge on any atom is 0.238 e. The van der Waals surface area contributed by atoms with Crippen LogP contribution in [0.5, 0.6) is 0 Å². The molecule has 4 N–H and O–H groups in total. The second kappa shape index (κ2) is 8.41. The molecule has 0 saturated carbocycles. The average molecular weight is 429 g/mol. The summed E-state index contributed by atoms with van der Waals surface area (Å²) in [6, 6.07) is 8.13. The Balaban J connectivity index is 1.35. The Kier molecular flexibility index (Phi) is 5.69. The van der Waals surface area contributed by atoms with E-state index in [4.69, 9.17) is 5.14 Å². The molecule has 2 aromatic heterocycles. The van der Waals surface area contributed by atoms with Gasteiger partial charge < -0.3 is 15.2 Å². The minimum atomic E-state index is -3.77.